The van der Waals surface area contributed by atoms with Gasteiger partial charge in [0.15, 0.2) is 0 Å². The van der Waals surface area contributed by atoms with E-state index >= 15 is 0 Å². The molecule has 0 radical (unpaired) electrons. The van der Waals surface area contributed by atoms with E-state index in [1.165, 1.54) is 5.56 Å². The highest BCUT2D eigenvalue weighted by Crippen LogP contribution is 2.35. The Hall–Kier alpha value is -4.57. The van der Waals surface area contributed by atoms with Crippen LogP contribution in [0.4, 0.5) is 5.69 Å². The molecule has 2 heterocycles. The number of aryl methyl sites for hydroxylation is 1. The van der Waals surface area contributed by atoms with Gasteiger partial charge in [-0.1, -0.05) is 25.1 Å². The van der Waals surface area contributed by atoms with Crippen LogP contribution in [0.3, 0.4) is 0 Å². The van der Waals surface area contributed by atoms with Gasteiger partial charge in [-0.25, -0.2) is 0 Å². The van der Waals surface area contributed by atoms with E-state index in [4.69, 9.17) is 19.3 Å². The number of nitrogens with zero attached hydrogens (tertiary/aromatic N) is 2. The SMILES string of the molecule is C#C.C=O.C=O.CCc1ccc(N=C2CC(C)(C)Oc3ccc(C(=O)NCCc4ccccn4)cc32)cc1. The minimum absolute atomic E-state index is 0.111. The van der Waals surface area contributed by atoms with Crippen molar-refractivity contribution < 1.29 is 19.1 Å². The summed E-state index contributed by atoms with van der Waals surface area (Å²) in [5, 5.41) is 2.99. The number of pyridine rings is 1. The summed E-state index contributed by atoms with van der Waals surface area (Å²) in [6.07, 6.45) is 12.1. The first-order chi connectivity index (χ1) is 18.4. The number of fused-ring (bicyclic) bond motifs is 1. The van der Waals surface area contributed by atoms with E-state index in [0.29, 0.717) is 24.9 Å². The largest absolute Gasteiger partial charge is 0.487 e. The number of benzene rings is 2. The number of hydrogen-bond donors (Lipinski definition) is 1. The molecular weight excluding hydrogens is 478 g/mol. The van der Waals surface area contributed by atoms with E-state index in [1.807, 2.05) is 62.1 Å². The van der Waals surface area contributed by atoms with Crippen LogP contribution in [-0.4, -0.2) is 42.3 Å². The minimum atomic E-state index is -0.359. The van der Waals surface area contributed by atoms with Crippen LogP contribution in [0.25, 0.3) is 0 Å². The number of carbonyl (C=O) groups excluding carboxylic acids is 3. The van der Waals surface area contributed by atoms with E-state index in [9.17, 15) is 4.79 Å². The van der Waals surface area contributed by atoms with Gasteiger partial charge in [0.05, 0.1) is 11.4 Å². The average Bonchev–Trinajstić information content (AvgIpc) is 2.96. The fourth-order valence-corrected chi connectivity index (χ4v) is 3.83. The van der Waals surface area contributed by atoms with Gasteiger partial charge in [0.2, 0.25) is 0 Å². The van der Waals surface area contributed by atoms with E-state index in [-0.39, 0.29) is 11.5 Å². The van der Waals surface area contributed by atoms with Crippen LogP contribution in [-0.2, 0) is 22.4 Å². The maximum absolute atomic E-state index is 12.8. The van der Waals surface area contributed by atoms with Crippen molar-refractivity contribution in [1.82, 2.24) is 10.3 Å². The van der Waals surface area contributed by atoms with Gasteiger partial charge in [-0.05, 0) is 68.3 Å². The predicted molar refractivity (Wildman–Crippen MR) is 152 cm³/mol. The second kappa shape index (κ2) is 16.2. The highest BCUT2D eigenvalue weighted by molar-refractivity contribution is 6.07. The van der Waals surface area contributed by atoms with Gasteiger partial charge < -0.3 is 19.6 Å². The molecule has 0 aliphatic carbocycles. The maximum Gasteiger partial charge on any atom is 0.251 e. The van der Waals surface area contributed by atoms with Gasteiger partial charge in [-0.15, -0.1) is 12.8 Å². The Morgan fingerprint density at radius 2 is 1.74 bits per heavy atom. The molecule has 198 valence electrons. The van der Waals surface area contributed by atoms with Crippen molar-refractivity contribution in [1.29, 1.82) is 0 Å². The number of amides is 1. The maximum atomic E-state index is 12.8. The average molecular weight is 514 g/mol. The van der Waals surface area contributed by atoms with Crippen LogP contribution < -0.4 is 10.1 Å². The van der Waals surface area contributed by atoms with Crippen LogP contribution in [0.2, 0.25) is 0 Å². The molecule has 1 aliphatic heterocycles. The Bertz CT molecular complexity index is 1200. The van der Waals surface area contributed by atoms with Crippen molar-refractivity contribution in [3.63, 3.8) is 0 Å². The first-order valence-electron chi connectivity index (χ1n) is 12.0. The van der Waals surface area contributed by atoms with Crippen LogP contribution in [0.15, 0.2) is 71.9 Å². The zero-order valence-electron chi connectivity index (χ0n) is 22.3. The Morgan fingerprint density at radius 3 is 2.34 bits per heavy atom. The lowest BCUT2D eigenvalue weighted by molar-refractivity contribution is -0.0987. The Morgan fingerprint density at radius 1 is 1.05 bits per heavy atom. The molecule has 1 N–H and O–H groups in total. The number of terminal acetylenes is 1. The monoisotopic (exact) mass is 513 g/mol. The fourth-order valence-electron chi connectivity index (χ4n) is 3.83. The summed E-state index contributed by atoms with van der Waals surface area (Å²) < 4.78 is 6.18. The highest BCUT2D eigenvalue weighted by atomic mass is 16.5. The first kappa shape index (κ1) is 31.5. The second-order valence-corrected chi connectivity index (χ2v) is 8.65. The molecule has 0 bridgehead atoms. The smallest absolute Gasteiger partial charge is 0.251 e. The summed E-state index contributed by atoms with van der Waals surface area (Å²) in [4.78, 5) is 38.0. The van der Waals surface area contributed by atoms with Gasteiger partial charge in [0.25, 0.3) is 5.91 Å². The first-order valence-corrected chi connectivity index (χ1v) is 12.0. The predicted octanol–water partition coefficient (Wildman–Crippen LogP) is 5.18. The highest BCUT2D eigenvalue weighted by Gasteiger charge is 2.31. The third kappa shape index (κ3) is 9.14. The number of nitrogens with one attached hydrogen (secondary N) is 1. The quantitative estimate of drug-likeness (QED) is 0.458. The molecule has 0 spiro atoms. The Labute approximate surface area is 225 Å². The summed E-state index contributed by atoms with van der Waals surface area (Å²) in [6, 6.07) is 19.7. The summed E-state index contributed by atoms with van der Waals surface area (Å²) in [7, 11) is 0. The third-order valence-electron chi connectivity index (χ3n) is 5.53. The molecule has 4 rings (SSSR count). The summed E-state index contributed by atoms with van der Waals surface area (Å²) in [5.74, 6) is 0.649. The van der Waals surface area contributed by atoms with E-state index < -0.39 is 0 Å². The van der Waals surface area contributed by atoms with Crippen LogP contribution in [0.1, 0.15) is 54.4 Å². The normalized spacial score (nSPS) is 13.4. The number of aliphatic imine (C=N–C) groups is 1. The molecule has 0 atom stereocenters. The van der Waals surface area contributed by atoms with Crippen LogP contribution in [0, 0.1) is 12.8 Å². The summed E-state index contributed by atoms with van der Waals surface area (Å²) in [5.41, 5.74) is 5.20. The van der Waals surface area contributed by atoms with Gasteiger partial charge in [0.1, 0.15) is 24.9 Å². The van der Waals surface area contributed by atoms with Gasteiger partial charge in [-0.2, -0.15) is 0 Å². The molecule has 7 heteroatoms. The number of aromatic nitrogens is 1. The van der Waals surface area contributed by atoms with Gasteiger partial charge >= 0.3 is 0 Å². The molecule has 38 heavy (non-hydrogen) atoms. The third-order valence-corrected chi connectivity index (χ3v) is 5.53. The van der Waals surface area contributed by atoms with Crippen molar-refractivity contribution in [2.45, 2.75) is 45.6 Å². The molecule has 0 fully saturated rings. The van der Waals surface area contributed by atoms with Gasteiger partial charge in [0, 0.05) is 42.4 Å². The molecular formula is C31H35N3O4. The van der Waals surface area contributed by atoms with Crippen molar-refractivity contribution in [3.8, 4) is 18.6 Å². The molecule has 1 aromatic heterocycles. The lowest BCUT2D eigenvalue weighted by atomic mass is 9.91. The standard InChI is InChI=1S/C27H29N3O2.C2H2.2CH2O/c1-4-19-8-11-22(12-9-19)30-24-18-27(2,3)32-25-13-10-20(17-23(24)25)26(31)29-16-14-21-7-5-6-15-28-21;3*1-2/h5-13,15,17H,4,14,16,18H2,1-3H3,(H,29,31);1-2H;2*1H2. The number of carbonyl (C=O) groups is 3. The molecule has 0 unspecified atom stereocenters. The van der Waals surface area contributed by atoms with Crippen molar-refractivity contribution in [3.05, 3.63) is 89.2 Å². The number of hydrogen-bond acceptors (Lipinski definition) is 6. The molecule has 0 saturated carbocycles. The Balaban J connectivity index is 0.00000112. The molecule has 0 saturated heterocycles. The van der Waals surface area contributed by atoms with E-state index in [2.05, 4.69) is 56.1 Å². The molecule has 1 aliphatic rings. The molecule has 3 aromatic rings. The fraction of sp³-hybridized carbons (Fsp3) is 0.258. The van der Waals surface area contributed by atoms with Crippen molar-refractivity contribution in [2.24, 2.45) is 4.99 Å². The van der Waals surface area contributed by atoms with Crippen LogP contribution in [0.5, 0.6) is 5.75 Å². The number of ether oxygens (including phenoxy) is 1. The number of rotatable bonds is 6. The van der Waals surface area contributed by atoms with E-state index in [0.717, 1.165) is 34.8 Å². The second-order valence-electron chi connectivity index (χ2n) is 8.65. The Kier molecular flexibility index (Phi) is 13.4. The van der Waals surface area contributed by atoms with Crippen molar-refractivity contribution in [2.75, 3.05) is 6.54 Å². The van der Waals surface area contributed by atoms with E-state index in [1.54, 1.807) is 6.20 Å². The lowest BCUT2D eigenvalue weighted by Gasteiger charge is -2.33. The van der Waals surface area contributed by atoms with Gasteiger partial charge in [-0.3, -0.25) is 14.8 Å². The minimum Gasteiger partial charge on any atom is -0.487 e. The summed E-state index contributed by atoms with van der Waals surface area (Å²) in [6.45, 7) is 10.8. The lowest BCUT2D eigenvalue weighted by Crippen LogP contribution is -2.36. The zero-order valence-corrected chi connectivity index (χ0v) is 22.3. The van der Waals surface area contributed by atoms with Crippen LogP contribution >= 0.6 is 0 Å². The molecule has 2 aromatic carbocycles. The molecule has 7 nitrogen and oxygen atoms in total. The van der Waals surface area contributed by atoms with Crippen molar-refractivity contribution >= 4 is 30.9 Å². The topological polar surface area (TPSA) is 97.7 Å². The zero-order chi connectivity index (χ0) is 28.6. The molecule has 1 amide bonds. The summed E-state index contributed by atoms with van der Waals surface area (Å²) >= 11 is 0.